The summed E-state index contributed by atoms with van der Waals surface area (Å²) >= 11 is 0. The van der Waals surface area contributed by atoms with Gasteiger partial charge in [-0.15, -0.1) is 0 Å². The minimum absolute atomic E-state index is 0.0802. The van der Waals surface area contributed by atoms with Gasteiger partial charge in [-0.3, -0.25) is 24.6 Å². The third-order valence-corrected chi connectivity index (χ3v) is 3.78. The van der Waals surface area contributed by atoms with Gasteiger partial charge >= 0.3 is 5.97 Å². The molecule has 0 atom stereocenters. The van der Waals surface area contributed by atoms with Crippen LogP contribution in [0.4, 0.5) is 5.69 Å². The Kier molecular flexibility index (Phi) is 4.99. The molecule has 0 bridgehead atoms. The SMILES string of the molecule is O=C(O)C=CC(=O)Nc1cccc(C(=O)NN2C(=O)c3ccccc3C2=O)c1. The molecule has 9 heteroatoms. The van der Waals surface area contributed by atoms with Crippen molar-refractivity contribution in [1.82, 2.24) is 10.4 Å². The molecular weight excluding hydrogens is 366 g/mol. The van der Waals surface area contributed by atoms with Crippen molar-refractivity contribution in [3.63, 3.8) is 0 Å². The van der Waals surface area contributed by atoms with E-state index in [-0.39, 0.29) is 22.4 Å². The minimum atomic E-state index is -1.27. The lowest BCUT2D eigenvalue weighted by molar-refractivity contribution is -0.131. The number of anilines is 1. The van der Waals surface area contributed by atoms with Gasteiger partial charge in [0, 0.05) is 23.4 Å². The summed E-state index contributed by atoms with van der Waals surface area (Å²) in [6.07, 6.45) is 1.50. The predicted octanol–water partition coefficient (Wildman–Crippen LogP) is 1.21. The summed E-state index contributed by atoms with van der Waals surface area (Å²) in [6.45, 7) is 0. The Hall–Kier alpha value is -4.27. The van der Waals surface area contributed by atoms with Crippen molar-refractivity contribution >= 4 is 35.3 Å². The second-order valence-electron chi connectivity index (χ2n) is 5.67. The van der Waals surface area contributed by atoms with Gasteiger partial charge in [-0.2, -0.15) is 5.01 Å². The number of hydrogen-bond acceptors (Lipinski definition) is 5. The molecule has 0 aliphatic carbocycles. The molecule has 3 N–H and O–H groups in total. The van der Waals surface area contributed by atoms with E-state index < -0.39 is 29.6 Å². The molecule has 1 aliphatic heterocycles. The number of carbonyl (C=O) groups is 5. The first-order valence-electron chi connectivity index (χ1n) is 7.97. The van der Waals surface area contributed by atoms with Gasteiger partial charge in [-0.05, 0) is 30.3 Å². The highest BCUT2D eigenvalue weighted by molar-refractivity contribution is 6.22. The molecule has 0 spiro atoms. The van der Waals surface area contributed by atoms with Crippen LogP contribution < -0.4 is 10.7 Å². The van der Waals surface area contributed by atoms with Gasteiger partial charge in [0.05, 0.1) is 11.1 Å². The largest absolute Gasteiger partial charge is 0.478 e. The molecule has 4 amide bonds. The van der Waals surface area contributed by atoms with E-state index in [4.69, 9.17) is 5.11 Å². The standard InChI is InChI=1S/C19H13N3O6/c23-15(8-9-16(24)25)20-12-5-3-4-11(10-12)17(26)21-22-18(27)13-6-1-2-7-14(13)19(22)28/h1-10H,(H,20,23)(H,21,26)(H,24,25). The number of imide groups is 1. The number of aliphatic carboxylic acids is 1. The fraction of sp³-hybridized carbons (Fsp3) is 0. The number of carboxylic acids is 1. The number of nitrogens with one attached hydrogen (secondary N) is 2. The fourth-order valence-electron chi connectivity index (χ4n) is 2.53. The van der Waals surface area contributed by atoms with Crippen LogP contribution in [0.1, 0.15) is 31.1 Å². The Morgan fingerprint density at radius 2 is 1.54 bits per heavy atom. The first kappa shape index (κ1) is 18.5. The summed E-state index contributed by atoms with van der Waals surface area (Å²) in [5.41, 5.74) is 2.95. The van der Waals surface area contributed by atoms with Crippen molar-refractivity contribution < 1.29 is 29.1 Å². The van der Waals surface area contributed by atoms with Crippen molar-refractivity contribution in [3.8, 4) is 0 Å². The van der Waals surface area contributed by atoms with Gasteiger partial charge in [0.15, 0.2) is 0 Å². The molecule has 0 fully saturated rings. The van der Waals surface area contributed by atoms with E-state index >= 15 is 0 Å². The van der Waals surface area contributed by atoms with Gasteiger partial charge in [-0.25, -0.2) is 4.79 Å². The third kappa shape index (κ3) is 3.78. The zero-order valence-electron chi connectivity index (χ0n) is 14.2. The lowest BCUT2D eigenvalue weighted by atomic mass is 10.1. The fourth-order valence-corrected chi connectivity index (χ4v) is 2.53. The van der Waals surface area contributed by atoms with E-state index in [9.17, 15) is 24.0 Å². The summed E-state index contributed by atoms with van der Waals surface area (Å²) in [7, 11) is 0. The van der Waals surface area contributed by atoms with Crippen LogP contribution in [0, 0.1) is 0 Å². The van der Waals surface area contributed by atoms with Gasteiger partial charge < -0.3 is 10.4 Å². The van der Waals surface area contributed by atoms with Crippen molar-refractivity contribution in [2.75, 3.05) is 5.32 Å². The molecule has 0 radical (unpaired) electrons. The molecule has 0 saturated carbocycles. The Balaban J connectivity index is 1.72. The van der Waals surface area contributed by atoms with Crippen LogP contribution in [0.15, 0.2) is 60.7 Å². The zero-order chi connectivity index (χ0) is 20.3. The van der Waals surface area contributed by atoms with Gasteiger partial charge in [0.25, 0.3) is 17.7 Å². The Bertz CT molecular complexity index is 1010. The third-order valence-electron chi connectivity index (χ3n) is 3.78. The van der Waals surface area contributed by atoms with E-state index in [1.54, 1.807) is 12.1 Å². The Morgan fingerprint density at radius 1 is 0.893 bits per heavy atom. The molecule has 2 aromatic carbocycles. The number of nitrogens with zero attached hydrogens (tertiary/aromatic N) is 1. The van der Waals surface area contributed by atoms with Crippen LogP contribution in [0.25, 0.3) is 0 Å². The van der Waals surface area contributed by atoms with Crippen molar-refractivity contribution in [2.45, 2.75) is 0 Å². The summed E-state index contributed by atoms with van der Waals surface area (Å²) in [5, 5.41) is 11.5. The Morgan fingerprint density at radius 3 is 2.14 bits per heavy atom. The summed E-state index contributed by atoms with van der Waals surface area (Å²) in [4.78, 5) is 59.1. The normalized spacial score (nSPS) is 12.8. The number of carbonyl (C=O) groups excluding carboxylic acids is 4. The highest BCUT2D eigenvalue weighted by Gasteiger charge is 2.36. The number of hydrogen-bond donors (Lipinski definition) is 3. The van der Waals surface area contributed by atoms with E-state index in [1.165, 1.54) is 36.4 Å². The highest BCUT2D eigenvalue weighted by atomic mass is 16.4. The molecule has 0 saturated heterocycles. The van der Waals surface area contributed by atoms with Crippen LogP contribution in [0.3, 0.4) is 0 Å². The quantitative estimate of drug-likeness (QED) is 0.528. The van der Waals surface area contributed by atoms with Gasteiger partial charge in [-0.1, -0.05) is 18.2 Å². The molecule has 0 unspecified atom stereocenters. The topological polar surface area (TPSA) is 133 Å². The van der Waals surface area contributed by atoms with Crippen molar-refractivity contribution in [1.29, 1.82) is 0 Å². The van der Waals surface area contributed by atoms with Crippen molar-refractivity contribution in [3.05, 3.63) is 77.4 Å². The average Bonchev–Trinajstić information content (AvgIpc) is 2.92. The highest BCUT2D eigenvalue weighted by Crippen LogP contribution is 2.21. The number of benzene rings is 2. The van der Waals surface area contributed by atoms with Crippen LogP contribution in [-0.4, -0.2) is 39.7 Å². The molecular formula is C19H13N3O6. The minimum Gasteiger partial charge on any atom is -0.478 e. The Labute approximate surface area is 158 Å². The second kappa shape index (κ2) is 7.54. The van der Waals surface area contributed by atoms with E-state index in [2.05, 4.69) is 10.7 Å². The lowest BCUT2D eigenvalue weighted by Gasteiger charge is -2.15. The first-order valence-corrected chi connectivity index (χ1v) is 7.97. The maximum Gasteiger partial charge on any atom is 0.328 e. The predicted molar refractivity (Wildman–Crippen MR) is 96.3 cm³/mol. The molecule has 3 rings (SSSR count). The summed E-state index contributed by atoms with van der Waals surface area (Å²) < 4.78 is 0. The molecule has 0 aromatic heterocycles. The number of rotatable bonds is 5. The molecule has 1 heterocycles. The maximum absolute atomic E-state index is 12.4. The monoisotopic (exact) mass is 379 g/mol. The van der Waals surface area contributed by atoms with E-state index in [0.29, 0.717) is 11.1 Å². The van der Waals surface area contributed by atoms with Crippen LogP contribution in [0.2, 0.25) is 0 Å². The smallest absolute Gasteiger partial charge is 0.328 e. The van der Waals surface area contributed by atoms with E-state index in [0.717, 1.165) is 6.08 Å². The second-order valence-corrected chi connectivity index (χ2v) is 5.67. The number of carboxylic acid groups (broad SMARTS) is 1. The maximum atomic E-state index is 12.4. The number of amides is 4. The van der Waals surface area contributed by atoms with Crippen molar-refractivity contribution in [2.24, 2.45) is 0 Å². The first-order chi connectivity index (χ1) is 13.4. The van der Waals surface area contributed by atoms with Crippen LogP contribution in [-0.2, 0) is 9.59 Å². The zero-order valence-corrected chi connectivity index (χ0v) is 14.2. The lowest BCUT2D eigenvalue weighted by Crippen LogP contribution is -2.45. The molecule has 28 heavy (non-hydrogen) atoms. The molecule has 1 aliphatic rings. The van der Waals surface area contributed by atoms with Gasteiger partial charge in [0.2, 0.25) is 5.91 Å². The number of fused-ring (bicyclic) bond motifs is 1. The summed E-state index contributed by atoms with van der Waals surface area (Å²) in [6, 6.07) is 11.9. The van der Waals surface area contributed by atoms with Crippen LogP contribution in [0.5, 0.6) is 0 Å². The summed E-state index contributed by atoms with van der Waals surface area (Å²) in [5.74, 6) is -3.98. The van der Waals surface area contributed by atoms with Crippen LogP contribution >= 0.6 is 0 Å². The number of hydrazine groups is 1. The average molecular weight is 379 g/mol. The molecule has 140 valence electrons. The van der Waals surface area contributed by atoms with E-state index in [1.807, 2.05) is 0 Å². The van der Waals surface area contributed by atoms with Gasteiger partial charge in [0.1, 0.15) is 0 Å². The molecule has 2 aromatic rings. The molecule has 9 nitrogen and oxygen atoms in total.